The van der Waals surface area contributed by atoms with Gasteiger partial charge in [0.05, 0.1) is 19.8 Å². The van der Waals surface area contributed by atoms with Crippen molar-refractivity contribution in [1.29, 1.82) is 0 Å². The van der Waals surface area contributed by atoms with Gasteiger partial charge in [0.1, 0.15) is 18.1 Å². The Balaban J connectivity index is 2.05. The molecule has 4 heteroatoms. The number of benzene rings is 2. The Morgan fingerprint density at radius 1 is 1.00 bits per heavy atom. The van der Waals surface area contributed by atoms with Crippen LogP contribution in [-0.4, -0.2) is 20.2 Å². The van der Waals surface area contributed by atoms with E-state index in [9.17, 15) is 4.79 Å². The maximum absolute atomic E-state index is 11.4. The molecular weight excluding hydrogens is 256 g/mol. The first-order valence-electron chi connectivity index (χ1n) is 6.17. The summed E-state index contributed by atoms with van der Waals surface area (Å²) in [4.78, 5) is 11.4. The lowest BCUT2D eigenvalue weighted by molar-refractivity contribution is 0.0600. The molecule has 0 N–H and O–H groups in total. The molecule has 2 aromatic rings. The van der Waals surface area contributed by atoms with Gasteiger partial charge in [-0.3, -0.25) is 0 Å². The summed E-state index contributed by atoms with van der Waals surface area (Å²) in [5.74, 6) is 1.03. The van der Waals surface area contributed by atoms with E-state index in [0.717, 1.165) is 11.3 Å². The number of hydrogen-bond donors (Lipinski definition) is 0. The maximum Gasteiger partial charge on any atom is 0.337 e. The monoisotopic (exact) mass is 272 g/mol. The molecule has 0 aromatic heterocycles. The van der Waals surface area contributed by atoms with Crippen LogP contribution in [0, 0.1) is 0 Å². The van der Waals surface area contributed by atoms with E-state index in [2.05, 4.69) is 4.74 Å². The molecule has 0 aliphatic heterocycles. The van der Waals surface area contributed by atoms with Gasteiger partial charge in [0.25, 0.3) is 0 Å². The topological polar surface area (TPSA) is 44.8 Å². The SMILES string of the molecule is COC(=O)c1cccc(OCc2cccc(OC)c2)c1. The highest BCUT2D eigenvalue weighted by atomic mass is 16.5. The molecule has 0 amide bonds. The normalized spacial score (nSPS) is 9.90. The van der Waals surface area contributed by atoms with Gasteiger partial charge in [0.15, 0.2) is 0 Å². The van der Waals surface area contributed by atoms with Gasteiger partial charge >= 0.3 is 5.97 Å². The Morgan fingerprint density at radius 3 is 2.50 bits per heavy atom. The second-order valence-electron chi connectivity index (χ2n) is 4.16. The predicted molar refractivity (Wildman–Crippen MR) is 75.1 cm³/mol. The molecule has 104 valence electrons. The predicted octanol–water partition coefficient (Wildman–Crippen LogP) is 3.06. The molecule has 0 spiro atoms. The van der Waals surface area contributed by atoms with Crippen LogP contribution in [0.25, 0.3) is 0 Å². The van der Waals surface area contributed by atoms with Crippen molar-refractivity contribution in [3.8, 4) is 11.5 Å². The average molecular weight is 272 g/mol. The third-order valence-corrected chi connectivity index (χ3v) is 2.79. The Hall–Kier alpha value is -2.49. The van der Waals surface area contributed by atoms with Crippen LogP contribution in [0.4, 0.5) is 0 Å². The lowest BCUT2D eigenvalue weighted by atomic mass is 10.2. The van der Waals surface area contributed by atoms with Crippen LogP contribution in [0.15, 0.2) is 48.5 Å². The smallest absolute Gasteiger partial charge is 0.337 e. The molecule has 0 aliphatic carbocycles. The third kappa shape index (κ3) is 3.51. The molecule has 2 rings (SSSR count). The number of methoxy groups -OCH3 is 2. The average Bonchev–Trinajstić information content (AvgIpc) is 2.52. The molecule has 0 unspecified atom stereocenters. The largest absolute Gasteiger partial charge is 0.497 e. The summed E-state index contributed by atoms with van der Waals surface area (Å²) in [5.41, 5.74) is 1.46. The lowest BCUT2D eigenvalue weighted by Crippen LogP contribution is -2.02. The van der Waals surface area contributed by atoms with Gasteiger partial charge in [-0.15, -0.1) is 0 Å². The van der Waals surface area contributed by atoms with Crippen LogP contribution in [0.1, 0.15) is 15.9 Å². The van der Waals surface area contributed by atoms with Gasteiger partial charge < -0.3 is 14.2 Å². The Morgan fingerprint density at radius 2 is 1.75 bits per heavy atom. The highest BCUT2D eigenvalue weighted by Gasteiger charge is 2.06. The molecule has 0 fully saturated rings. The summed E-state index contributed by atoms with van der Waals surface area (Å²) in [7, 11) is 2.98. The molecule has 20 heavy (non-hydrogen) atoms. The zero-order valence-corrected chi connectivity index (χ0v) is 11.5. The van der Waals surface area contributed by atoms with Crippen LogP contribution < -0.4 is 9.47 Å². The van der Waals surface area contributed by atoms with E-state index in [1.54, 1.807) is 31.4 Å². The van der Waals surface area contributed by atoms with Crippen molar-refractivity contribution in [2.45, 2.75) is 6.61 Å². The van der Waals surface area contributed by atoms with Crippen molar-refractivity contribution in [1.82, 2.24) is 0 Å². The standard InChI is InChI=1S/C16H16O4/c1-18-14-7-3-5-12(9-14)11-20-15-8-4-6-13(10-15)16(17)19-2/h3-10H,11H2,1-2H3. The summed E-state index contributed by atoms with van der Waals surface area (Å²) in [6, 6.07) is 14.5. The van der Waals surface area contributed by atoms with Gasteiger partial charge in [-0.25, -0.2) is 4.79 Å². The van der Waals surface area contributed by atoms with Gasteiger partial charge in [-0.2, -0.15) is 0 Å². The highest BCUT2D eigenvalue weighted by molar-refractivity contribution is 5.89. The summed E-state index contributed by atoms with van der Waals surface area (Å²) in [6.07, 6.45) is 0. The number of esters is 1. The molecule has 0 radical (unpaired) electrons. The Bertz CT molecular complexity index is 593. The molecule has 0 saturated heterocycles. The van der Waals surface area contributed by atoms with Gasteiger partial charge in [-0.1, -0.05) is 18.2 Å². The number of ether oxygens (including phenoxy) is 3. The molecular formula is C16H16O4. The van der Waals surface area contributed by atoms with E-state index in [4.69, 9.17) is 9.47 Å². The Kier molecular flexibility index (Phi) is 4.60. The molecule has 4 nitrogen and oxygen atoms in total. The van der Waals surface area contributed by atoms with Crippen LogP contribution >= 0.6 is 0 Å². The summed E-state index contributed by atoms with van der Waals surface area (Å²) in [5, 5.41) is 0. The molecule has 0 bridgehead atoms. The molecule has 0 saturated carbocycles. The first-order valence-corrected chi connectivity index (χ1v) is 6.17. The first-order chi connectivity index (χ1) is 9.72. The number of hydrogen-bond acceptors (Lipinski definition) is 4. The van der Waals surface area contributed by atoms with Crippen molar-refractivity contribution >= 4 is 5.97 Å². The van der Waals surface area contributed by atoms with Crippen molar-refractivity contribution < 1.29 is 19.0 Å². The van der Waals surface area contributed by atoms with Crippen LogP contribution in [0.3, 0.4) is 0 Å². The van der Waals surface area contributed by atoms with E-state index < -0.39 is 0 Å². The number of rotatable bonds is 5. The maximum atomic E-state index is 11.4. The number of carbonyl (C=O) groups is 1. The lowest BCUT2D eigenvalue weighted by Gasteiger charge is -2.08. The molecule has 0 heterocycles. The zero-order valence-electron chi connectivity index (χ0n) is 11.5. The second-order valence-corrected chi connectivity index (χ2v) is 4.16. The van der Waals surface area contributed by atoms with Gasteiger partial charge in [0, 0.05) is 0 Å². The van der Waals surface area contributed by atoms with E-state index >= 15 is 0 Å². The fourth-order valence-electron chi connectivity index (χ4n) is 1.76. The molecule has 0 aliphatic rings. The molecule has 2 aromatic carbocycles. The fraction of sp³-hybridized carbons (Fsp3) is 0.188. The summed E-state index contributed by atoms with van der Waals surface area (Å²) >= 11 is 0. The second kappa shape index (κ2) is 6.61. The summed E-state index contributed by atoms with van der Waals surface area (Å²) in [6.45, 7) is 0.405. The number of carbonyl (C=O) groups excluding carboxylic acids is 1. The van der Waals surface area contributed by atoms with E-state index in [0.29, 0.717) is 17.9 Å². The van der Waals surface area contributed by atoms with Crippen molar-refractivity contribution in [3.05, 3.63) is 59.7 Å². The highest BCUT2D eigenvalue weighted by Crippen LogP contribution is 2.18. The van der Waals surface area contributed by atoms with Crippen LogP contribution in [0.5, 0.6) is 11.5 Å². The van der Waals surface area contributed by atoms with Crippen molar-refractivity contribution in [3.63, 3.8) is 0 Å². The summed E-state index contributed by atoms with van der Waals surface area (Å²) < 4.78 is 15.5. The van der Waals surface area contributed by atoms with E-state index in [-0.39, 0.29) is 5.97 Å². The van der Waals surface area contributed by atoms with Crippen LogP contribution in [0.2, 0.25) is 0 Å². The van der Waals surface area contributed by atoms with Crippen molar-refractivity contribution in [2.75, 3.05) is 14.2 Å². The van der Waals surface area contributed by atoms with Gasteiger partial charge in [-0.05, 0) is 35.9 Å². The third-order valence-electron chi connectivity index (χ3n) is 2.79. The fourth-order valence-corrected chi connectivity index (χ4v) is 1.76. The van der Waals surface area contributed by atoms with E-state index in [1.165, 1.54) is 7.11 Å². The Labute approximate surface area is 117 Å². The molecule has 0 atom stereocenters. The minimum Gasteiger partial charge on any atom is -0.497 e. The minimum atomic E-state index is -0.378. The quantitative estimate of drug-likeness (QED) is 0.785. The van der Waals surface area contributed by atoms with E-state index in [1.807, 2.05) is 24.3 Å². The minimum absolute atomic E-state index is 0.378. The van der Waals surface area contributed by atoms with Crippen LogP contribution in [-0.2, 0) is 11.3 Å². The van der Waals surface area contributed by atoms with Gasteiger partial charge in [0.2, 0.25) is 0 Å². The zero-order chi connectivity index (χ0) is 14.4. The first kappa shape index (κ1) is 13.9. The van der Waals surface area contributed by atoms with Crippen molar-refractivity contribution in [2.24, 2.45) is 0 Å².